The molecule has 0 bridgehead atoms. The van der Waals surface area contributed by atoms with E-state index in [1.54, 1.807) is 4.90 Å². The van der Waals surface area contributed by atoms with Crippen LogP contribution in [-0.2, 0) is 19.8 Å². The first-order valence-electron chi connectivity index (χ1n) is 6.03. The van der Waals surface area contributed by atoms with Crippen molar-refractivity contribution < 1.29 is 23.1 Å². The van der Waals surface area contributed by atoms with E-state index in [2.05, 4.69) is 4.72 Å². The first kappa shape index (κ1) is 15.9. The molecule has 9 heteroatoms. The van der Waals surface area contributed by atoms with Crippen LogP contribution < -0.4 is 4.72 Å². The van der Waals surface area contributed by atoms with Gasteiger partial charge in [0, 0.05) is 26.7 Å². The van der Waals surface area contributed by atoms with Gasteiger partial charge in [-0.05, 0) is 12.8 Å². The fraction of sp³-hybridized carbons (Fsp3) is 0.800. The van der Waals surface area contributed by atoms with Crippen LogP contribution in [0.2, 0.25) is 0 Å². The van der Waals surface area contributed by atoms with Gasteiger partial charge in [0.25, 0.3) is 10.2 Å². The fourth-order valence-electron chi connectivity index (χ4n) is 1.71. The van der Waals surface area contributed by atoms with Crippen molar-refractivity contribution in [1.29, 1.82) is 0 Å². The maximum absolute atomic E-state index is 11.7. The monoisotopic (exact) mass is 293 g/mol. The number of nitrogens with zero attached hydrogens (tertiary/aromatic N) is 2. The molecule has 0 aromatic heterocycles. The lowest BCUT2D eigenvalue weighted by molar-refractivity contribution is -0.137. The highest BCUT2D eigenvalue weighted by molar-refractivity contribution is 7.87. The van der Waals surface area contributed by atoms with Crippen LogP contribution in [0.15, 0.2) is 0 Å². The van der Waals surface area contributed by atoms with Crippen LogP contribution in [0.3, 0.4) is 0 Å². The lowest BCUT2D eigenvalue weighted by atomic mass is 10.4. The summed E-state index contributed by atoms with van der Waals surface area (Å²) >= 11 is 0. The highest BCUT2D eigenvalue weighted by Gasteiger charge is 2.22. The molecule has 0 radical (unpaired) electrons. The Morgan fingerprint density at radius 2 is 1.89 bits per heavy atom. The zero-order valence-electron chi connectivity index (χ0n) is 10.8. The SMILES string of the molecule is CN(CCC(=O)O)S(=O)(=O)NCC(=O)N1CCCC1. The van der Waals surface area contributed by atoms with E-state index in [9.17, 15) is 18.0 Å². The number of carbonyl (C=O) groups excluding carboxylic acids is 1. The molecular formula is C10H19N3O5S. The first-order chi connectivity index (χ1) is 8.83. The molecule has 1 heterocycles. The number of hydrogen-bond donors (Lipinski definition) is 2. The molecule has 1 rings (SSSR count). The molecule has 0 atom stereocenters. The number of carbonyl (C=O) groups is 2. The van der Waals surface area contributed by atoms with E-state index in [-0.39, 0.29) is 25.4 Å². The predicted octanol–water partition coefficient (Wildman–Crippen LogP) is -1.15. The lowest BCUT2D eigenvalue weighted by Gasteiger charge is -2.19. The van der Waals surface area contributed by atoms with Crippen LogP contribution in [0.4, 0.5) is 0 Å². The summed E-state index contributed by atoms with van der Waals surface area (Å²) in [6, 6.07) is 0. The van der Waals surface area contributed by atoms with Gasteiger partial charge in [-0.15, -0.1) is 0 Å². The van der Waals surface area contributed by atoms with Crippen molar-refractivity contribution in [3.8, 4) is 0 Å². The zero-order chi connectivity index (χ0) is 14.5. The number of aliphatic carboxylic acids is 1. The smallest absolute Gasteiger partial charge is 0.304 e. The molecule has 0 unspecified atom stereocenters. The maximum Gasteiger partial charge on any atom is 0.304 e. The first-order valence-corrected chi connectivity index (χ1v) is 7.47. The maximum atomic E-state index is 11.7. The summed E-state index contributed by atoms with van der Waals surface area (Å²) in [5, 5.41) is 8.49. The normalized spacial score (nSPS) is 16.0. The molecule has 110 valence electrons. The molecule has 1 amide bonds. The summed E-state index contributed by atoms with van der Waals surface area (Å²) in [5.74, 6) is -1.33. The summed E-state index contributed by atoms with van der Waals surface area (Å²) in [6.07, 6.45) is 1.60. The van der Waals surface area contributed by atoms with E-state index < -0.39 is 16.2 Å². The van der Waals surface area contributed by atoms with Crippen molar-refractivity contribution in [2.45, 2.75) is 19.3 Å². The number of hydrogen-bond acceptors (Lipinski definition) is 4. The number of rotatable bonds is 7. The molecule has 0 aliphatic carbocycles. The number of amides is 1. The van der Waals surface area contributed by atoms with Crippen molar-refractivity contribution in [2.75, 3.05) is 33.2 Å². The third-order valence-electron chi connectivity index (χ3n) is 2.92. The van der Waals surface area contributed by atoms with E-state index in [1.807, 2.05) is 0 Å². The molecule has 0 saturated carbocycles. The van der Waals surface area contributed by atoms with Gasteiger partial charge in [-0.2, -0.15) is 17.4 Å². The molecule has 2 N–H and O–H groups in total. The van der Waals surface area contributed by atoms with Crippen LogP contribution in [0.5, 0.6) is 0 Å². The van der Waals surface area contributed by atoms with Crippen molar-refractivity contribution >= 4 is 22.1 Å². The molecule has 19 heavy (non-hydrogen) atoms. The Morgan fingerprint density at radius 3 is 2.42 bits per heavy atom. The quantitative estimate of drug-likeness (QED) is 0.616. The number of carboxylic acid groups (broad SMARTS) is 1. The number of carboxylic acids is 1. The van der Waals surface area contributed by atoms with Crippen molar-refractivity contribution in [3.63, 3.8) is 0 Å². The largest absolute Gasteiger partial charge is 0.481 e. The highest BCUT2D eigenvalue weighted by atomic mass is 32.2. The van der Waals surface area contributed by atoms with Gasteiger partial charge in [-0.3, -0.25) is 9.59 Å². The van der Waals surface area contributed by atoms with E-state index in [0.29, 0.717) is 13.1 Å². The highest BCUT2D eigenvalue weighted by Crippen LogP contribution is 2.07. The van der Waals surface area contributed by atoms with Crippen LogP contribution >= 0.6 is 0 Å². The van der Waals surface area contributed by atoms with Gasteiger partial charge >= 0.3 is 5.97 Å². The van der Waals surface area contributed by atoms with E-state index in [0.717, 1.165) is 17.1 Å². The third kappa shape index (κ3) is 5.13. The van der Waals surface area contributed by atoms with Crippen LogP contribution in [0, 0.1) is 0 Å². The average Bonchev–Trinajstić information content (AvgIpc) is 2.86. The Labute approximate surface area is 112 Å². The topological polar surface area (TPSA) is 107 Å². The Kier molecular flexibility index (Phi) is 5.70. The molecule has 1 saturated heterocycles. The van der Waals surface area contributed by atoms with Gasteiger partial charge in [0.15, 0.2) is 0 Å². The number of nitrogens with one attached hydrogen (secondary N) is 1. The Morgan fingerprint density at radius 1 is 1.32 bits per heavy atom. The van der Waals surface area contributed by atoms with E-state index in [1.165, 1.54) is 7.05 Å². The molecule has 1 aliphatic heterocycles. The average molecular weight is 293 g/mol. The van der Waals surface area contributed by atoms with Crippen LogP contribution in [-0.4, -0.2) is 67.8 Å². The number of likely N-dealkylation sites (tertiary alicyclic amines) is 1. The van der Waals surface area contributed by atoms with Gasteiger partial charge in [0.2, 0.25) is 5.91 Å². The molecule has 1 fully saturated rings. The van der Waals surface area contributed by atoms with Crippen LogP contribution in [0.1, 0.15) is 19.3 Å². The third-order valence-corrected chi connectivity index (χ3v) is 4.43. The lowest BCUT2D eigenvalue weighted by Crippen LogP contribution is -2.44. The summed E-state index contributed by atoms with van der Waals surface area (Å²) in [4.78, 5) is 23.6. The summed E-state index contributed by atoms with van der Waals surface area (Å²) < 4.78 is 26.5. The summed E-state index contributed by atoms with van der Waals surface area (Å²) in [7, 11) is -2.54. The second kappa shape index (κ2) is 6.83. The Balaban J connectivity index is 2.40. The Hall–Kier alpha value is -1.19. The minimum Gasteiger partial charge on any atom is -0.481 e. The van der Waals surface area contributed by atoms with Crippen molar-refractivity contribution in [1.82, 2.24) is 13.9 Å². The molecule has 0 spiro atoms. The van der Waals surface area contributed by atoms with E-state index in [4.69, 9.17) is 5.11 Å². The van der Waals surface area contributed by atoms with Crippen molar-refractivity contribution in [3.05, 3.63) is 0 Å². The summed E-state index contributed by atoms with van der Waals surface area (Å²) in [5.41, 5.74) is 0. The van der Waals surface area contributed by atoms with Gasteiger partial charge in [0.1, 0.15) is 0 Å². The molecule has 0 aromatic rings. The van der Waals surface area contributed by atoms with Crippen molar-refractivity contribution in [2.24, 2.45) is 0 Å². The van der Waals surface area contributed by atoms with Gasteiger partial charge < -0.3 is 10.0 Å². The standard InChI is InChI=1S/C10H19N3O5S/c1-12(7-4-10(15)16)19(17,18)11-8-9(14)13-5-2-3-6-13/h11H,2-8H2,1H3,(H,15,16). The van der Waals surface area contributed by atoms with E-state index >= 15 is 0 Å². The predicted molar refractivity (Wildman–Crippen MR) is 67.6 cm³/mol. The van der Waals surface area contributed by atoms with Gasteiger partial charge in [-0.1, -0.05) is 0 Å². The minimum absolute atomic E-state index is 0.136. The molecular weight excluding hydrogens is 274 g/mol. The van der Waals surface area contributed by atoms with Gasteiger partial charge in [0.05, 0.1) is 13.0 Å². The minimum atomic E-state index is -3.81. The Bertz CT molecular complexity index is 430. The van der Waals surface area contributed by atoms with Crippen LogP contribution in [0.25, 0.3) is 0 Å². The fourth-order valence-corrected chi connectivity index (χ4v) is 2.57. The molecule has 0 aromatic carbocycles. The second-order valence-corrected chi connectivity index (χ2v) is 6.24. The molecule has 8 nitrogen and oxygen atoms in total. The van der Waals surface area contributed by atoms with Gasteiger partial charge in [-0.25, -0.2) is 0 Å². The summed E-state index contributed by atoms with van der Waals surface area (Å²) in [6.45, 7) is 0.896. The zero-order valence-corrected chi connectivity index (χ0v) is 11.6. The second-order valence-electron chi connectivity index (χ2n) is 4.38. The molecule has 1 aliphatic rings.